The van der Waals surface area contributed by atoms with Gasteiger partial charge in [-0.15, -0.1) is 0 Å². The van der Waals surface area contributed by atoms with Crippen LogP contribution in [0.3, 0.4) is 0 Å². The first-order valence-electron chi connectivity index (χ1n) is 7.87. The summed E-state index contributed by atoms with van der Waals surface area (Å²) in [5, 5.41) is 6.99. The average molecular weight is 373 g/mol. The predicted octanol–water partition coefficient (Wildman–Crippen LogP) is 3.15. The van der Waals surface area contributed by atoms with E-state index < -0.39 is 34.7 Å². The molecule has 0 spiro atoms. The van der Waals surface area contributed by atoms with E-state index in [2.05, 4.69) is 16.0 Å². The monoisotopic (exact) mass is 373 g/mol. The number of rotatable bonds is 5. The van der Waals surface area contributed by atoms with Crippen molar-refractivity contribution in [3.05, 3.63) is 23.8 Å². The van der Waals surface area contributed by atoms with E-state index in [4.69, 9.17) is 0 Å². The number of benzene rings is 1. The Hall–Kier alpha value is -2.58. The number of amides is 3. The van der Waals surface area contributed by atoms with Crippen LogP contribution in [0.25, 0.3) is 0 Å². The zero-order valence-corrected chi connectivity index (χ0v) is 15.0. The first kappa shape index (κ1) is 21.5. The summed E-state index contributed by atoms with van der Waals surface area (Å²) in [4.78, 5) is 34.6. The molecule has 0 radical (unpaired) electrons. The number of nitrogens with one attached hydrogen (secondary N) is 3. The van der Waals surface area contributed by atoms with Crippen LogP contribution in [-0.2, 0) is 20.6 Å². The summed E-state index contributed by atoms with van der Waals surface area (Å²) < 4.78 is 39.6. The van der Waals surface area contributed by atoms with Crippen molar-refractivity contribution in [2.45, 2.75) is 40.3 Å². The van der Waals surface area contributed by atoms with Crippen LogP contribution in [0.2, 0.25) is 0 Å². The van der Waals surface area contributed by atoms with Crippen LogP contribution in [0.4, 0.5) is 24.5 Å². The van der Waals surface area contributed by atoms with E-state index in [-0.39, 0.29) is 24.6 Å². The highest BCUT2D eigenvalue weighted by atomic mass is 19.4. The van der Waals surface area contributed by atoms with Gasteiger partial charge in [-0.05, 0) is 18.2 Å². The lowest BCUT2D eigenvalue weighted by Crippen LogP contribution is -2.36. The summed E-state index contributed by atoms with van der Waals surface area (Å²) in [6.45, 7) is 6.29. The third-order valence-corrected chi connectivity index (χ3v) is 3.24. The van der Waals surface area contributed by atoms with E-state index >= 15 is 0 Å². The lowest BCUT2D eigenvalue weighted by atomic mass is 9.96. The van der Waals surface area contributed by atoms with Crippen molar-refractivity contribution in [1.82, 2.24) is 5.32 Å². The van der Waals surface area contributed by atoms with Gasteiger partial charge in [-0.3, -0.25) is 14.4 Å². The van der Waals surface area contributed by atoms with E-state index in [0.29, 0.717) is 0 Å². The van der Waals surface area contributed by atoms with Gasteiger partial charge in [-0.25, -0.2) is 0 Å². The molecule has 1 aromatic rings. The van der Waals surface area contributed by atoms with Crippen LogP contribution in [0.5, 0.6) is 0 Å². The number of halogens is 3. The lowest BCUT2D eigenvalue weighted by Gasteiger charge is -2.18. The largest absolute Gasteiger partial charge is 0.418 e. The minimum Gasteiger partial charge on any atom is -0.355 e. The minimum absolute atomic E-state index is 0.00721. The molecule has 144 valence electrons. The van der Waals surface area contributed by atoms with E-state index in [0.717, 1.165) is 12.1 Å². The van der Waals surface area contributed by atoms with E-state index in [1.807, 2.05) is 0 Å². The second kappa shape index (κ2) is 8.20. The highest BCUT2D eigenvalue weighted by molar-refractivity contribution is 5.93. The quantitative estimate of drug-likeness (QED) is 0.741. The Morgan fingerprint density at radius 1 is 1.04 bits per heavy atom. The molecule has 3 N–H and O–H groups in total. The molecule has 0 heterocycles. The smallest absolute Gasteiger partial charge is 0.355 e. The number of alkyl halides is 3. The first-order chi connectivity index (χ1) is 11.8. The van der Waals surface area contributed by atoms with E-state index in [9.17, 15) is 27.6 Å². The van der Waals surface area contributed by atoms with Crippen molar-refractivity contribution in [1.29, 1.82) is 0 Å². The van der Waals surface area contributed by atoms with Gasteiger partial charge < -0.3 is 16.0 Å². The van der Waals surface area contributed by atoms with Crippen molar-refractivity contribution >= 4 is 29.1 Å². The molecule has 6 nitrogen and oxygen atoms in total. The third kappa shape index (κ3) is 6.73. The summed E-state index contributed by atoms with van der Waals surface area (Å²) in [6.07, 6.45) is -4.88. The van der Waals surface area contributed by atoms with Crippen LogP contribution in [0, 0.1) is 5.41 Å². The number of anilines is 2. The van der Waals surface area contributed by atoms with Gasteiger partial charge in [-0.1, -0.05) is 20.8 Å². The fourth-order valence-corrected chi connectivity index (χ4v) is 1.94. The second-order valence-electron chi connectivity index (χ2n) is 6.74. The molecule has 0 unspecified atom stereocenters. The predicted molar refractivity (Wildman–Crippen MR) is 91.5 cm³/mol. The lowest BCUT2D eigenvalue weighted by molar-refractivity contribution is -0.137. The second-order valence-corrected chi connectivity index (χ2v) is 6.74. The molecule has 0 saturated carbocycles. The van der Waals surface area contributed by atoms with Gasteiger partial charge >= 0.3 is 6.18 Å². The van der Waals surface area contributed by atoms with Gasteiger partial charge in [0.1, 0.15) is 0 Å². The van der Waals surface area contributed by atoms with Gasteiger partial charge in [-0.2, -0.15) is 13.2 Å². The SMILES string of the molecule is CC(=O)Nc1ccc(NC(=O)CCNC(=O)C(C)(C)C)c(C(F)(F)F)c1. The minimum atomic E-state index is -4.71. The zero-order chi connectivity index (χ0) is 20.1. The molecule has 0 aliphatic rings. The molecular formula is C17H22F3N3O3. The molecule has 0 fully saturated rings. The Bertz CT molecular complexity index is 695. The highest BCUT2D eigenvalue weighted by Crippen LogP contribution is 2.36. The Labute approximate surface area is 149 Å². The van der Waals surface area contributed by atoms with Gasteiger partial charge in [0.25, 0.3) is 0 Å². The molecule has 0 bridgehead atoms. The normalized spacial score (nSPS) is 11.7. The topological polar surface area (TPSA) is 87.3 Å². The van der Waals surface area contributed by atoms with Crippen LogP contribution < -0.4 is 16.0 Å². The van der Waals surface area contributed by atoms with Crippen LogP contribution >= 0.6 is 0 Å². The van der Waals surface area contributed by atoms with Gasteiger partial charge in [0.05, 0.1) is 11.3 Å². The maximum absolute atomic E-state index is 13.2. The molecular weight excluding hydrogens is 351 g/mol. The molecule has 1 rings (SSSR count). The van der Waals surface area contributed by atoms with Crippen LogP contribution in [0.15, 0.2) is 18.2 Å². The molecule has 0 atom stereocenters. The number of hydrogen-bond acceptors (Lipinski definition) is 3. The maximum atomic E-state index is 13.2. The van der Waals surface area contributed by atoms with Crippen molar-refractivity contribution in [3.63, 3.8) is 0 Å². The Morgan fingerprint density at radius 2 is 1.65 bits per heavy atom. The molecule has 0 aromatic heterocycles. The van der Waals surface area contributed by atoms with Crippen molar-refractivity contribution in [2.75, 3.05) is 17.2 Å². The molecule has 26 heavy (non-hydrogen) atoms. The van der Waals surface area contributed by atoms with Crippen molar-refractivity contribution in [2.24, 2.45) is 5.41 Å². The summed E-state index contributed by atoms with van der Waals surface area (Å²) in [5.41, 5.74) is -2.14. The van der Waals surface area contributed by atoms with Crippen LogP contribution in [-0.4, -0.2) is 24.3 Å². The van der Waals surface area contributed by atoms with Gasteiger partial charge in [0.2, 0.25) is 17.7 Å². The summed E-state index contributed by atoms with van der Waals surface area (Å²) in [6, 6.07) is 3.08. The first-order valence-corrected chi connectivity index (χ1v) is 7.87. The molecule has 0 saturated heterocycles. The van der Waals surface area contributed by atoms with Crippen molar-refractivity contribution in [3.8, 4) is 0 Å². The van der Waals surface area contributed by atoms with E-state index in [1.54, 1.807) is 20.8 Å². The van der Waals surface area contributed by atoms with Gasteiger partial charge in [0, 0.05) is 31.0 Å². The molecule has 0 aliphatic heterocycles. The standard InChI is InChI=1S/C17H22F3N3O3/c1-10(24)22-11-5-6-13(12(9-11)17(18,19)20)23-14(25)7-8-21-15(26)16(2,3)4/h5-6,9H,7-8H2,1-4H3,(H,21,26)(H,22,24)(H,23,25). The average Bonchev–Trinajstić information content (AvgIpc) is 2.46. The summed E-state index contributed by atoms with van der Waals surface area (Å²) >= 11 is 0. The van der Waals surface area contributed by atoms with E-state index in [1.165, 1.54) is 13.0 Å². The fourth-order valence-electron chi connectivity index (χ4n) is 1.94. The number of carbonyl (C=O) groups excluding carboxylic acids is 3. The highest BCUT2D eigenvalue weighted by Gasteiger charge is 2.34. The molecule has 1 aromatic carbocycles. The fraction of sp³-hybridized carbons (Fsp3) is 0.471. The van der Waals surface area contributed by atoms with Gasteiger partial charge in [0.15, 0.2) is 0 Å². The zero-order valence-electron chi connectivity index (χ0n) is 15.0. The third-order valence-electron chi connectivity index (χ3n) is 3.24. The Balaban J connectivity index is 2.80. The Morgan fingerprint density at radius 3 is 2.15 bits per heavy atom. The summed E-state index contributed by atoms with van der Waals surface area (Å²) in [5.74, 6) is -1.44. The number of hydrogen-bond donors (Lipinski definition) is 3. The number of carbonyl (C=O) groups is 3. The maximum Gasteiger partial charge on any atom is 0.418 e. The van der Waals surface area contributed by atoms with Crippen molar-refractivity contribution < 1.29 is 27.6 Å². The summed E-state index contributed by atoms with van der Waals surface area (Å²) in [7, 11) is 0. The van der Waals surface area contributed by atoms with Crippen LogP contribution in [0.1, 0.15) is 39.7 Å². The molecule has 0 aliphatic carbocycles. The molecule has 3 amide bonds. The Kier molecular flexibility index (Phi) is 6.77. The molecule has 9 heteroatoms.